The van der Waals surface area contributed by atoms with E-state index in [4.69, 9.17) is 23.2 Å². The lowest BCUT2D eigenvalue weighted by Crippen LogP contribution is -2.50. The van der Waals surface area contributed by atoms with E-state index in [9.17, 15) is 9.90 Å². The highest BCUT2D eigenvalue weighted by atomic mass is 35.5. The van der Waals surface area contributed by atoms with Gasteiger partial charge >= 0.3 is 0 Å². The third-order valence-corrected chi connectivity index (χ3v) is 4.13. The summed E-state index contributed by atoms with van der Waals surface area (Å²) in [7, 11) is 0. The number of aliphatic hydroxyl groups excluding tert-OH is 1. The quantitative estimate of drug-likeness (QED) is 0.895. The highest BCUT2D eigenvalue weighted by molar-refractivity contribution is 6.42. The molecule has 98 valence electrons. The molecule has 0 aliphatic heterocycles. The predicted molar refractivity (Wildman–Crippen MR) is 72.1 cm³/mol. The van der Waals surface area contributed by atoms with Crippen molar-refractivity contribution in [1.29, 1.82) is 0 Å². The van der Waals surface area contributed by atoms with Crippen LogP contribution in [0.3, 0.4) is 0 Å². The van der Waals surface area contributed by atoms with Gasteiger partial charge in [-0.1, -0.05) is 23.2 Å². The lowest BCUT2D eigenvalue weighted by Gasteiger charge is -2.28. The minimum atomic E-state index is -0.552. The van der Waals surface area contributed by atoms with E-state index in [-0.39, 0.29) is 12.5 Å². The van der Waals surface area contributed by atoms with Gasteiger partial charge < -0.3 is 10.4 Å². The van der Waals surface area contributed by atoms with E-state index in [1.165, 1.54) is 6.07 Å². The van der Waals surface area contributed by atoms with Gasteiger partial charge in [0.15, 0.2) is 0 Å². The molecular formula is C13H15Cl2NO2. The summed E-state index contributed by atoms with van der Waals surface area (Å²) >= 11 is 11.7. The summed E-state index contributed by atoms with van der Waals surface area (Å²) < 4.78 is 0. The molecule has 0 saturated heterocycles. The van der Waals surface area contributed by atoms with Crippen LogP contribution in [0.2, 0.25) is 10.0 Å². The van der Waals surface area contributed by atoms with E-state index in [0.29, 0.717) is 21.5 Å². The van der Waals surface area contributed by atoms with E-state index in [0.717, 1.165) is 12.8 Å². The molecule has 1 saturated carbocycles. The van der Waals surface area contributed by atoms with Crippen molar-refractivity contribution in [2.24, 2.45) is 5.92 Å². The second kappa shape index (κ2) is 5.08. The van der Waals surface area contributed by atoms with Crippen LogP contribution in [0.25, 0.3) is 0 Å². The van der Waals surface area contributed by atoms with Crippen molar-refractivity contribution < 1.29 is 9.90 Å². The van der Waals surface area contributed by atoms with Crippen molar-refractivity contribution in [3.8, 4) is 0 Å². The number of benzene rings is 1. The number of amides is 1. The van der Waals surface area contributed by atoms with Crippen LogP contribution in [0, 0.1) is 5.92 Å². The van der Waals surface area contributed by atoms with Crippen LogP contribution in [0.4, 0.5) is 0 Å². The fourth-order valence-corrected chi connectivity index (χ4v) is 2.26. The Morgan fingerprint density at radius 2 is 2.11 bits per heavy atom. The first-order valence-electron chi connectivity index (χ1n) is 5.85. The maximum Gasteiger partial charge on any atom is 0.251 e. The molecule has 1 unspecified atom stereocenters. The first kappa shape index (κ1) is 13.7. The highest BCUT2D eigenvalue weighted by Gasteiger charge is 2.42. The molecule has 1 aliphatic rings. The molecule has 18 heavy (non-hydrogen) atoms. The zero-order chi connectivity index (χ0) is 13.3. The van der Waals surface area contributed by atoms with Crippen LogP contribution in [-0.4, -0.2) is 23.2 Å². The van der Waals surface area contributed by atoms with Gasteiger partial charge in [0.05, 0.1) is 22.2 Å². The van der Waals surface area contributed by atoms with Gasteiger partial charge in [-0.2, -0.15) is 0 Å². The molecule has 0 heterocycles. The fourth-order valence-electron chi connectivity index (χ4n) is 1.96. The average molecular weight is 288 g/mol. The van der Waals surface area contributed by atoms with Gasteiger partial charge in [-0.05, 0) is 43.9 Å². The minimum Gasteiger partial charge on any atom is -0.394 e. The molecule has 0 bridgehead atoms. The van der Waals surface area contributed by atoms with Crippen LogP contribution < -0.4 is 5.32 Å². The molecule has 1 aliphatic carbocycles. The predicted octanol–water partition coefficient (Wildman–Crippen LogP) is 2.88. The van der Waals surface area contributed by atoms with Gasteiger partial charge in [0.2, 0.25) is 0 Å². The number of rotatable bonds is 4. The summed E-state index contributed by atoms with van der Waals surface area (Å²) in [4.78, 5) is 12.1. The molecule has 2 N–H and O–H groups in total. The zero-order valence-electron chi connectivity index (χ0n) is 10.0. The molecule has 1 amide bonds. The molecule has 0 aromatic heterocycles. The van der Waals surface area contributed by atoms with Crippen LogP contribution in [0.15, 0.2) is 18.2 Å². The average Bonchev–Trinajstić information content (AvgIpc) is 3.16. The van der Waals surface area contributed by atoms with Gasteiger partial charge in [0.1, 0.15) is 0 Å². The Hall–Kier alpha value is -0.770. The van der Waals surface area contributed by atoms with Gasteiger partial charge in [-0.3, -0.25) is 4.79 Å². The van der Waals surface area contributed by atoms with E-state index in [1.807, 2.05) is 6.92 Å². The first-order valence-corrected chi connectivity index (χ1v) is 6.60. The normalized spacial score (nSPS) is 18.2. The molecule has 1 aromatic rings. The van der Waals surface area contributed by atoms with Crippen LogP contribution >= 0.6 is 23.2 Å². The number of nitrogens with one attached hydrogen (secondary N) is 1. The van der Waals surface area contributed by atoms with E-state index in [2.05, 4.69) is 5.32 Å². The highest BCUT2D eigenvalue weighted by Crippen LogP contribution is 2.39. The largest absolute Gasteiger partial charge is 0.394 e. The van der Waals surface area contributed by atoms with Crippen molar-refractivity contribution in [1.82, 2.24) is 5.32 Å². The zero-order valence-corrected chi connectivity index (χ0v) is 11.6. The van der Waals surface area contributed by atoms with Crippen molar-refractivity contribution in [3.63, 3.8) is 0 Å². The number of carbonyl (C=O) groups is 1. The summed E-state index contributed by atoms with van der Waals surface area (Å²) in [5.41, 5.74) is -0.104. The molecule has 5 heteroatoms. The third-order valence-electron chi connectivity index (χ3n) is 3.39. The molecule has 0 radical (unpaired) electrons. The van der Waals surface area contributed by atoms with Crippen LogP contribution in [0.1, 0.15) is 30.1 Å². The summed E-state index contributed by atoms with van der Waals surface area (Å²) in [6.07, 6.45) is 2.08. The van der Waals surface area contributed by atoms with Gasteiger partial charge in [0.25, 0.3) is 5.91 Å². The molecule has 0 spiro atoms. The summed E-state index contributed by atoms with van der Waals surface area (Å²) in [6.45, 7) is 1.80. The number of halogens is 2. The van der Waals surface area contributed by atoms with Gasteiger partial charge in [-0.15, -0.1) is 0 Å². The molecule has 1 aromatic carbocycles. The Morgan fingerprint density at radius 1 is 1.44 bits per heavy atom. The fraction of sp³-hybridized carbons (Fsp3) is 0.462. The van der Waals surface area contributed by atoms with Gasteiger partial charge in [0, 0.05) is 5.56 Å². The Labute approximate surface area is 116 Å². The van der Waals surface area contributed by atoms with Crippen LogP contribution in [0.5, 0.6) is 0 Å². The molecule has 1 atom stereocenters. The maximum absolute atomic E-state index is 12.1. The SMILES string of the molecule is CC(CO)(NC(=O)c1ccc(Cl)c(Cl)c1)C1CC1. The van der Waals surface area contributed by atoms with Crippen LogP contribution in [-0.2, 0) is 0 Å². The summed E-state index contributed by atoms with van der Waals surface area (Å²) in [5, 5.41) is 13.1. The topological polar surface area (TPSA) is 49.3 Å². The number of carbonyl (C=O) groups excluding carboxylic acids is 1. The Bertz CT molecular complexity index is 474. The number of hydrogen-bond acceptors (Lipinski definition) is 2. The monoisotopic (exact) mass is 287 g/mol. The third kappa shape index (κ3) is 2.79. The maximum atomic E-state index is 12.1. The standard InChI is InChI=1S/C13H15Cl2NO2/c1-13(7-17,9-3-4-9)16-12(18)8-2-5-10(14)11(15)6-8/h2,5-6,9,17H,3-4,7H2,1H3,(H,16,18). The minimum absolute atomic E-state index is 0.0648. The summed E-state index contributed by atoms with van der Waals surface area (Å²) in [6, 6.07) is 4.74. The Kier molecular flexibility index (Phi) is 3.85. The van der Waals surface area contributed by atoms with E-state index < -0.39 is 5.54 Å². The second-order valence-corrected chi connectivity index (χ2v) is 5.75. The van der Waals surface area contributed by atoms with E-state index >= 15 is 0 Å². The van der Waals surface area contributed by atoms with Gasteiger partial charge in [-0.25, -0.2) is 0 Å². The van der Waals surface area contributed by atoms with E-state index in [1.54, 1.807) is 12.1 Å². The lowest BCUT2D eigenvalue weighted by molar-refractivity contribution is 0.0824. The van der Waals surface area contributed by atoms with Crippen molar-refractivity contribution in [3.05, 3.63) is 33.8 Å². The second-order valence-electron chi connectivity index (χ2n) is 4.93. The lowest BCUT2D eigenvalue weighted by atomic mass is 9.96. The summed E-state index contributed by atoms with van der Waals surface area (Å²) in [5.74, 6) is 0.117. The Balaban J connectivity index is 2.13. The Morgan fingerprint density at radius 3 is 2.61 bits per heavy atom. The molecule has 1 fully saturated rings. The molecule has 3 nitrogen and oxygen atoms in total. The van der Waals surface area contributed by atoms with Crippen molar-refractivity contribution >= 4 is 29.1 Å². The molecular weight excluding hydrogens is 273 g/mol. The molecule has 2 rings (SSSR count). The number of aliphatic hydroxyl groups is 1. The number of hydrogen-bond donors (Lipinski definition) is 2. The van der Waals surface area contributed by atoms with Crippen molar-refractivity contribution in [2.75, 3.05) is 6.61 Å². The smallest absolute Gasteiger partial charge is 0.251 e. The van der Waals surface area contributed by atoms with Crippen molar-refractivity contribution in [2.45, 2.75) is 25.3 Å². The first-order chi connectivity index (χ1) is 8.46.